The number of pyridine rings is 1. The van der Waals surface area contributed by atoms with Crippen LogP contribution in [0.5, 0.6) is 17.2 Å². The van der Waals surface area contributed by atoms with E-state index in [1.807, 2.05) is 12.3 Å². The smallest absolute Gasteiger partial charge is 0.337 e. The van der Waals surface area contributed by atoms with Gasteiger partial charge in [0.2, 0.25) is 5.96 Å². The van der Waals surface area contributed by atoms with Gasteiger partial charge in [-0.15, -0.1) is 0 Å². The van der Waals surface area contributed by atoms with Crippen LogP contribution >= 0.6 is 0 Å². The van der Waals surface area contributed by atoms with Crippen LogP contribution in [-0.4, -0.2) is 44.3 Å². The fourth-order valence-corrected chi connectivity index (χ4v) is 3.94. The SMILES string of the molecule is COC(=O)c1cccc(OCCOc2ccc(C3N=C(NC#N)Nc4nc(N)c(C#N)c(N)c43)cc2OC)c1. The van der Waals surface area contributed by atoms with Gasteiger partial charge in [-0.3, -0.25) is 5.32 Å². The van der Waals surface area contributed by atoms with Crippen LogP contribution in [0.1, 0.15) is 33.1 Å². The molecule has 0 saturated carbocycles. The molecular formula is C26H24N8O5. The lowest BCUT2D eigenvalue weighted by Crippen LogP contribution is -2.32. The monoisotopic (exact) mass is 528 g/mol. The van der Waals surface area contributed by atoms with E-state index in [9.17, 15) is 10.1 Å². The molecule has 1 aliphatic heterocycles. The number of benzene rings is 2. The van der Waals surface area contributed by atoms with Crippen LogP contribution in [0.4, 0.5) is 17.3 Å². The third kappa shape index (κ3) is 5.52. The number of nitrogens with two attached hydrogens (primary N) is 2. The summed E-state index contributed by atoms with van der Waals surface area (Å²) in [5.41, 5.74) is 13.8. The van der Waals surface area contributed by atoms with Crippen molar-refractivity contribution >= 4 is 29.3 Å². The third-order valence-corrected chi connectivity index (χ3v) is 5.73. The van der Waals surface area contributed by atoms with Crippen molar-refractivity contribution in [2.45, 2.75) is 6.04 Å². The van der Waals surface area contributed by atoms with Gasteiger partial charge in [0.25, 0.3) is 0 Å². The highest BCUT2D eigenvalue weighted by molar-refractivity contribution is 5.98. The Morgan fingerprint density at radius 3 is 2.62 bits per heavy atom. The summed E-state index contributed by atoms with van der Waals surface area (Å²) in [6, 6.07) is 13.0. The molecule has 0 fully saturated rings. The summed E-state index contributed by atoms with van der Waals surface area (Å²) in [7, 11) is 2.81. The largest absolute Gasteiger partial charge is 0.493 e. The van der Waals surface area contributed by atoms with Crippen molar-refractivity contribution in [2.75, 3.05) is 44.2 Å². The van der Waals surface area contributed by atoms with E-state index in [1.165, 1.54) is 14.2 Å². The number of ether oxygens (including phenoxy) is 4. The quantitative estimate of drug-likeness (QED) is 0.144. The summed E-state index contributed by atoms with van der Waals surface area (Å²) in [6.07, 6.45) is 1.81. The number of nitrogens with zero attached hydrogens (tertiary/aromatic N) is 4. The maximum Gasteiger partial charge on any atom is 0.337 e. The topological polar surface area (TPSA) is 203 Å². The van der Waals surface area contributed by atoms with E-state index in [4.69, 9.17) is 35.7 Å². The minimum atomic E-state index is -0.731. The molecular weight excluding hydrogens is 504 g/mol. The first kappa shape index (κ1) is 26.4. The van der Waals surface area contributed by atoms with E-state index in [0.717, 1.165) is 0 Å². The number of aromatic nitrogens is 1. The summed E-state index contributed by atoms with van der Waals surface area (Å²) in [4.78, 5) is 20.5. The summed E-state index contributed by atoms with van der Waals surface area (Å²) in [5, 5.41) is 23.9. The molecule has 0 bridgehead atoms. The molecule has 1 atom stereocenters. The molecule has 3 aromatic rings. The standard InChI is InChI=1S/C26H24N8O5/c1-36-19-11-14(6-7-18(19)39-9-8-38-16-5-3-4-15(10-16)25(35)37-2)22-20-21(29)17(12-27)23(30)33-24(20)34-26(32-22)31-13-28/h3-7,10-11,22H,8-9H2,1-2H3,(H6,29,30,31,32,33,34). The number of anilines is 3. The fourth-order valence-electron chi connectivity index (χ4n) is 3.94. The predicted octanol–water partition coefficient (Wildman–Crippen LogP) is 2.31. The lowest BCUT2D eigenvalue weighted by Gasteiger charge is -2.26. The highest BCUT2D eigenvalue weighted by Crippen LogP contribution is 2.42. The van der Waals surface area contributed by atoms with Crippen LogP contribution in [0.2, 0.25) is 0 Å². The molecule has 0 saturated heterocycles. The molecule has 1 aliphatic rings. The minimum absolute atomic E-state index is 0.0384. The number of aliphatic imine (C=N–C) groups is 1. The Morgan fingerprint density at radius 1 is 1.10 bits per heavy atom. The van der Waals surface area contributed by atoms with Gasteiger partial charge < -0.3 is 35.7 Å². The van der Waals surface area contributed by atoms with Crippen LogP contribution in [0.15, 0.2) is 47.5 Å². The van der Waals surface area contributed by atoms with Gasteiger partial charge in [-0.25, -0.2) is 14.8 Å². The van der Waals surface area contributed by atoms with Crippen LogP contribution in [0, 0.1) is 22.8 Å². The summed E-state index contributed by atoms with van der Waals surface area (Å²) in [6.45, 7) is 0.385. The second-order valence-electron chi connectivity index (χ2n) is 8.03. The number of fused-ring (bicyclic) bond motifs is 1. The zero-order valence-corrected chi connectivity index (χ0v) is 21.0. The van der Waals surface area contributed by atoms with Gasteiger partial charge in [0.05, 0.1) is 25.5 Å². The minimum Gasteiger partial charge on any atom is -0.493 e. The molecule has 1 unspecified atom stereocenters. The summed E-state index contributed by atoms with van der Waals surface area (Å²) in [5.74, 6) is 1.27. The number of nitrogens with one attached hydrogen (secondary N) is 2. The number of carbonyl (C=O) groups excluding carboxylic acids is 1. The van der Waals surface area contributed by atoms with E-state index in [0.29, 0.717) is 33.9 Å². The number of methoxy groups -OCH3 is 2. The number of hydrogen-bond acceptors (Lipinski definition) is 13. The lowest BCUT2D eigenvalue weighted by molar-refractivity contribution is 0.0600. The molecule has 0 aliphatic carbocycles. The predicted molar refractivity (Wildman–Crippen MR) is 141 cm³/mol. The number of carbonyl (C=O) groups is 1. The van der Waals surface area contributed by atoms with Crippen molar-refractivity contribution in [3.63, 3.8) is 0 Å². The normalized spacial score (nSPS) is 13.4. The first-order valence-corrected chi connectivity index (χ1v) is 11.5. The maximum absolute atomic E-state index is 11.7. The summed E-state index contributed by atoms with van der Waals surface area (Å²) < 4.78 is 21.8. The Balaban J connectivity index is 1.54. The van der Waals surface area contributed by atoms with Crippen molar-refractivity contribution in [3.05, 3.63) is 64.7 Å². The highest BCUT2D eigenvalue weighted by atomic mass is 16.5. The first-order chi connectivity index (χ1) is 18.9. The molecule has 2 aromatic carbocycles. The van der Waals surface area contributed by atoms with Crippen molar-refractivity contribution < 1.29 is 23.7 Å². The average molecular weight is 529 g/mol. The number of nitriles is 2. The lowest BCUT2D eigenvalue weighted by atomic mass is 9.95. The Kier molecular flexibility index (Phi) is 7.83. The van der Waals surface area contributed by atoms with Gasteiger partial charge in [-0.1, -0.05) is 12.1 Å². The third-order valence-electron chi connectivity index (χ3n) is 5.73. The molecule has 0 spiro atoms. The molecule has 4 rings (SSSR count). The fraction of sp³-hybridized carbons (Fsp3) is 0.192. The van der Waals surface area contributed by atoms with E-state index < -0.39 is 12.0 Å². The molecule has 6 N–H and O–H groups in total. The van der Waals surface area contributed by atoms with Gasteiger partial charge in [0.1, 0.15) is 48.3 Å². The van der Waals surface area contributed by atoms with Crippen molar-refractivity contribution in [1.29, 1.82) is 10.5 Å². The average Bonchev–Trinajstić information content (AvgIpc) is 2.95. The van der Waals surface area contributed by atoms with Crippen LogP contribution < -0.4 is 36.3 Å². The highest BCUT2D eigenvalue weighted by Gasteiger charge is 2.30. The Morgan fingerprint density at radius 2 is 1.90 bits per heavy atom. The second-order valence-corrected chi connectivity index (χ2v) is 8.03. The number of guanidine groups is 1. The molecule has 0 radical (unpaired) electrons. The van der Waals surface area contributed by atoms with E-state index in [1.54, 1.807) is 42.5 Å². The molecule has 1 aromatic heterocycles. The molecule has 2 heterocycles. The summed E-state index contributed by atoms with van der Waals surface area (Å²) >= 11 is 0. The Bertz CT molecular complexity index is 1530. The number of nitrogen functional groups attached to an aromatic ring is 2. The molecule has 13 heteroatoms. The molecule has 198 valence electrons. The van der Waals surface area contributed by atoms with Crippen LogP contribution in [-0.2, 0) is 4.74 Å². The van der Waals surface area contributed by atoms with Crippen molar-refractivity contribution in [2.24, 2.45) is 4.99 Å². The number of esters is 1. The van der Waals surface area contributed by atoms with Gasteiger partial charge in [-0.2, -0.15) is 10.5 Å². The molecule has 39 heavy (non-hydrogen) atoms. The van der Waals surface area contributed by atoms with E-state index in [-0.39, 0.29) is 42.1 Å². The van der Waals surface area contributed by atoms with E-state index >= 15 is 0 Å². The van der Waals surface area contributed by atoms with E-state index in [2.05, 4.69) is 20.6 Å². The van der Waals surface area contributed by atoms with Gasteiger partial charge in [0, 0.05) is 5.56 Å². The number of rotatable bonds is 8. The first-order valence-electron chi connectivity index (χ1n) is 11.5. The van der Waals surface area contributed by atoms with Crippen LogP contribution in [0.25, 0.3) is 0 Å². The van der Waals surface area contributed by atoms with Gasteiger partial charge in [-0.05, 0) is 35.9 Å². The van der Waals surface area contributed by atoms with Gasteiger partial charge in [0.15, 0.2) is 17.7 Å². The Hall–Kier alpha value is -5.69. The zero-order valence-electron chi connectivity index (χ0n) is 21.0. The molecule has 13 nitrogen and oxygen atoms in total. The van der Waals surface area contributed by atoms with Gasteiger partial charge >= 0.3 is 5.97 Å². The maximum atomic E-state index is 11.7. The number of hydrogen-bond donors (Lipinski definition) is 4. The van der Waals surface area contributed by atoms with Crippen molar-refractivity contribution in [3.8, 4) is 29.5 Å². The van der Waals surface area contributed by atoms with Crippen LogP contribution in [0.3, 0.4) is 0 Å². The molecule has 0 amide bonds. The van der Waals surface area contributed by atoms with Crippen molar-refractivity contribution in [1.82, 2.24) is 10.3 Å². The zero-order chi connectivity index (χ0) is 27.9. The second kappa shape index (κ2) is 11.6. The Labute approximate surface area is 223 Å².